The number of nitrogens with two attached hydrogens (primary N) is 1. The minimum absolute atomic E-state index is 0.0115. The third kappa shape index (κ3) is 2.44. The lowest BCUT2D eigenvalue weighted by Gasteiger charge is -2.17. The molecule has 1 aliphatic rings. The summed E-state index contributed by atoms with van der Waals surface area (Å²) in [4.78, 5) is 14.2. The van der Waals surface area contributed by atoms with E-state index in [9.17, 15) is 18.0 Å². The van der Waals surface area contributed by atoms with Gasteiger partial charge in [0.15, 0.2) is 0 Å². The first kappa shape index (κ1) is 10.0. The molecular formula is C5H5F3N2O2S. The lowest BCUT2D eigenvalue weighted by Crippen LogP contribution is -2.34. The lowest BCUT2D eigenvalue weighted by atomic mass is 10.7. The second-order valence-corrected chi connectivity index (χ2v) is 2.92. The van der Waals surface area contributed by atoms with Crippen LogP contribution >= 0.6 is 11.8 Å². The number of rotatable bonds is 1. The summed E-state index contributed by atoms with van der Waals surface area (Å²) >= 11 is 1.14. The molecule has 0 atom stereocenters. The van der Waals surface area contributed by atoms with Crippen LogP contribution in [-0.2, 0) is 9.63 Å². The zero-order valence-corrected chi connectivity index (χ0v) is 6.98. The van der Waals surface area contributed by atoms with Crippen LogP contribution in [0.5, 0.6) is 0 Å². The predicted octanol–water partition coefficient (Wildman–Crippen LogP) is 0.771. The van der Waals surface area contributed by atoms with Gasteiger partial charge in [-0.05, 0) is 0 Å². The van der Waals surface area contributed by atoms with Crippen LogP contribution in [0.3, 0.4) is 0 Å². The quantitative estimate of drug-likeness (QED) is 0.698. The number of carbonyl (C=O) groups excluding carboxylic acids is 1. The number of hydrogen-bond acceptors (Lipinski definition) is 5. The highest BCUT2D eigenvalue weighted by Gasteiger charge is 2.43. The van der Waals surface area contributed by atoms with Crippen LogP contribution in [0.4, 0.5) is 13.2 Å². The summed E-state index contributed by atoms with van der Waals surface area (Å²) in [6.07, 6.45) is -4.99. The van der Waals surface area contributed by atoms with Gasteiger partial charge < -0.3 is 10.6 Å². The first-order valence-corrected chi connectivity index (χ1v) is 4.10. The molecule has 0 aromatic heterocycles. The summed E-state index contributed by atoms with van der Waals surface area (Å²) in [6, 6.07) is 0. The van der Waals surface area contributed by atoms with Crippen molar-refractivity contribution in [3.8, 4) is 0 Å². The van der Waals surface area contributed by atoms with Gasteiger partial charge in [0.2, 0.25) is 0 Å². The second-order valence-electron chi connectivity index (χ2n) is 2.09. The smallest absolute Gasteiger partial charge is 0.382 e. The molecular weight excluding hydrogens is 209 g/mol. The first-order valence-electron chi connectivity index (χ1n) is 3.05. The minimum Gasteiger partial charge on any atom is -0.382 e. The SMILES string of the molecule is NC1=CSCN1OC(=O)C(F)(F)F. The van der Waals surface area contributed by atoms with Crippen LogP contribution < -0.4 is 5.73 Å². The number of hydrogen-bond donors (Lipinski definition) is 1. The van der Waals surface area contributed by atoms with Crippen LogP contribution in [0.2, 0.25) is 0 Å². The fourth-order valence-corrected chi connectivity index (χ4v) is 1.25. The Labute approximate surface area is 75.5 Å². The van der Waals surface area contributed by atoms with Gasteiger partial charge in [0.05, 0.1) is 0 Å². The van der Waals surface area contributed by atoms with Crippen molar-refractivity contribution in [2.24, 2.45) is 5.73 Å². The van der Waals surface area contributed by atoms with E-state index in [2.05, 4.69) is 4.84 Å². The summed E-state index contributed by atoms with van der Waals surface area (Å²) < 4.78 is 35.0. The van der Waals surface area contributed by atoms with Crippen LogP contribution in [0.1, 0.15) is 0 Å². The molecule has 2 N–H and O–H groups in total. The van der Waals surface area contributed by atoms with E-state index in [1.165, 1.54) is 5.41 Å². The minimum atomic E-state index is -4.99. The van der Waals surface area contributed by atoms with Crippen molar-refractivity contribution in [2.45, 2.75) is 6.18 Å². The van der Waals surface area contributed by atoms with Gasteiger partial charge in [0.1, 0.15) is 11.7 Å². The Morgan fingerprint density at radius 2 is 2.31 bits per heavy atom. The number of alkyl halides is 3. The number of nitrogens with zero attached hydrogens (tertiary/aromatic N) is 1. The molecule has 0 fully saturated rings. The van der Waals surface area contributed by atoms with Crippen LogP contribution in [0, 0.1) is 0 Å². The molecule has 0 amide bonds. The maximum Gasteiger partial charge on any atom is 0.493 e. The number of halogens is 3. The van der Waals surface area contributed by atoms with E-state index < -0.39 is 12.1 Å². The van der Waals surface area contributed by atoms with Crippen molar-refractivity contribution in [1.29, 1.82) is 0 Å². The Balaban J connectivity index is 2.51. The third-order valence-corrected chi connectivity index (χ3v) is 1.90. The Bertz CT molecular complexity index is 253. The van der Waals surface area contributed by atoms with Gasteiger partial charge in [-0.15, -0.1) is 11.8 Å². The van der Waals surface area contributed by atoms with E-state index in [1.807, 2.05) is 0 Å². The number of hydroxylamine groups is 2. The van der Waals surface area contributed by atoms with Gasteiger partial charge in [-0.1, -0.05) is 0 Å². The molecule has 0 radical (unpaired) electrons. The van der Waals surface area contributed by atoms with Gasteiger partial charge in [0, 0.05) is 5.41 Å². The Kier molecular flexibility index (Phi) is 2.60. The molecule has 0 saturated carbocycles. The van der Waals surface area contributed by atoms with Crippen LogP contribution in [0.15, 0.2) is 11.2 Å². The van der Waals surface area contributed by atoms with Gasteiger partial charge >= 0.3 is 12.1 Å². The topological polar surface area (TPSA) is 55.6 Å². The van der Waals surface area contributed by atoms with E-state index in [0.29, 0.717) is 5.06 Å². The fourth-order valence-electron chi connectivity index (χ4n) is 0.555. The van der Waals surface area contributed by atoms with Gasteiger partial charge in [-0.25, -0.2) is 4.79 Å². The van der Waals surface area contributed by atoms with Crippen LogP contribution in [-0.4, -0.2) is 23.1 Å². The van der Waals surface area contributed by atoms with Gasteiger partial charge in [-0.3, -0.25) is 0 Å². The normalized spacial score (nSPS) is 17.2. The van der Waals surface area contributed by atoms with Crippen LogP contribution in [0.25, 0.3) is 0 Å². The van der Waals surface area contributed by atoms with Crippen molar-refractivity contribution in [2.75, 3.05) is 5.88 Å². The third-order valence-electron chi connectivity index (χ3n) is 1.11. The Morgan fingerprint density at radius 1 is 1.69 bits per heavy atom. The molecule has 1 heterocycles. The molecule has 1 aliphatic heterocycles. The van der Waals surface area contributed by atoms with Crippen molar-refractivity contribution >= 4 is 17.7 Å². The molecule has 1 rings (SSSR count). The molecule has 0 aromatic rings. The summed E-state index contributed by atoms with van der Waals surface area (Å²) in [5, 5.41) is 2.07. The molecule has 0 bridgehead atoms. The van der Waals surface area contributed by atoms with E-state index in [1.54, 1.807) is 0 Å². The average molecular weight is 214 g/mol. The highest BCUT2D eigenvalue weighted by molar-refractivity contribution is 8.02. The zero-order valence-electron chi connectivity index (χ0n) is 6.17. The van der Waals surface area contributed by atoms with Gasteiger partial charge in [-0.2, -0.15) is 18.2 Å². The van der Waals surface area contributed by atoms with Crippen molar-refractivity contribution in [3.63, 3.8) is 0 Å². The Hall–Kier alpha value is -1.05. The fraction of sp³-hybridized carbons (Fsp3) is 0.400. The second kappa shape index (κ2) is 3.36. The molecule has 0 aliphatic carbocycles. The highest BCUT2D eigenvalue weighted by atomic mass is 32.2. The monoisotopic (exact) mass is 214 g/mol. The summed E-state index contributed by atoms with van der Waals surface area (Å²) in [7, 11) is 0. The molecule has 74 valence electrons. The molecule has 8 heteroatoms. The van der Waals surface area contributed by atoms with Gasteiger partial charge in [0.25, 0.3) is 0 Å². The number of thioether (sulfide) groups is 1. The maximum absolute atomic E-state index is 11.7. The Morgan fingerprint density at radius 3 is 2.69 bits per heavy atom. The molecule has 0 saturated heterocycles. The summed E-state index contributed by atoms with van der Waals surface area (Å²) in [5.41, 5.74) is 5.19. The van der Waals surface area contributed by atoms with E-state index in [0.717, 1.165) is 11.8 Å². The highest BCUT2D eigenvalue weighted by Crippen LogP contribution is 2.23. The standard InChI is InChI=1S/C5H5F3N2O2S/c6-5(7,8)4(11)12-10-2-13-1-3(10)9/h1H,2,9H2. The summed E-state index contributed by atoms with van der Waals surface area (Å²) in [5.74, 6) is -2.21. The van der Waals surface area contributed by atoms with E-state index in [-0.39, 0.29) is 11.7 Å². The zero-order chi connectivity index (χ0) is 10.1. The largest absolute Gasteiger partial charge is 0.493 e. The molecule has 4 nitrogen and oxygen atoms in total. The van der Waals surface area contributed by atoms with E-state index >= 15 is 0 Å². The summed E-state index contributed by atoms with van der Waals surface area (Å²) in [6.45, 7) is 0. The molecule has 0 spiro atoms. The molecule has 0 aromatic carbocycles. The van der Waals surface area contributed by atoms with Crippen molar-refractivity contribution in [1.82, 2.24) is 5.06 Å². The molecule has 0 unspecified atom stereocenters. The maximum atomic E-state index is 11.7. The van der Waals surface area contributed by atoms with E-state index in [4.69, 9.17) is 5.73 Å². The van der Waals surface area contributed by atoms with Crippen molar-refractivity contribution < 1.29 is 22.8 Å². The average Bonchev–Trinajstić information content (AvgIpc) is 2.34. The van der Waals surface area contributed by atoms with Crippen molar-refractivity contribution in [3.05, 3.63) is 11.2 Å². The predicted molar refractivity (Wildman–Crippen MR) is 38.7 cm³/mol. The lowest BCUT2D eigenvalue weighted by molar-refractivity contribution is -0.228. The number of carbonyl (C=O) groups is 1. The molecule has 13 heavy (non-hydrogen) atoms. The first-order chi connectivity index (χ1) is 5.91.